The van der Waals surface area contributed by atoms with Crippen molar-refractivity contribution in [1.82, 2.24) is 24.5 Å². The predicted molar refractivity (Wildman–Crippen MR) is 100 cm³/mol. The molecule has 1 unspecified atom stereocenters. The van der Waals surface area contributed by atoms with Crippen LogP contribution in [-0.4, -0.2) is 61.9 Å². The molecule has 0 bridgehead atoms. The zero-order valence-electron chi connectivity index (χ0n) is 14.9. The van der Waals surface area contributed by atoms with Gasteiger partial charge in [-0.25, -0.2) is 9.97 Å². The van der Waals surface area contributed by atoms with Gasteiger partial charge in [0.25, 0.3) is 0 Å². The molecule has 0 spiro atoms. The number of nitrogens with zero attached hydrogens (tertiary/aromatic N) is 5. The van der Waals surface area contributed by atoms with E-state index in [1.54, 1.807) is 4.52 Å². The second-order valence-corrected chi connectivity index (χ2v) is 7.43. The molecule has 0 aliphatic carbocycles. The highest BCUT2D eigenvalue weighted by Gasteiger charge is 2.27. The van der Waals surface area contributed by atoms with Gasteiger partial charge in [-0.3, -0.25) is 4.79 Å². The number of thioether (sulfide) groups is 1. The minimum absolute atomic E-state index is 0.140. The number of aromatic nitrogens is 4. The first-order chi connectivity index (χ1) is 12.7. The fourth-order valence-electron chi connectivity index (χ4n) is 3.13. The van der Waals surface area contributed by atoms with E-state index in [0.29, 0.717) is 37.3 Å². The van der Waals surface area contributed by atoms with Crippen LogP contribution >= 0.6 is 11.8 Å². The van der Waals surface area contributed by atoms with Gasteiger partial charge in [-0.15, -0.1) is 5.10 Å². The third-order valence-corrected chi connectivity index (χ3v) is 5.77. The summed E-state index contributed by atoms with van der Waals surface area (Å²) in [7, 11) is 0. The standard InChI is InChI=1S/C18H21N5O2S/c1-3-15(17(24)22-8-10-25-11-9-22)26-18-20-14-7-5-4-6-13(14)16-19-12(2)21-23(16)18/h4-7,15H,3,8-11H2,1-2H3. The summed E-state index contributed by atoms with van der Waals surface area (Å²) in [6.07, 6.45) is 0.727. The molecule has 1 aliphatic rings. The van der Waals surface area contributed by atoms with Crippen molar-refractivity contribution in [2.45, 2.75) is 30.7 Å². The van der Waals surface area contributed by atoms with Crippen molar-refractivity contribution in [1.29, 1.82) is 0 Å². The van der Waals surface area contributed by atoms with E-state index in [-0.39, 0.29) is 11.2 Å². The number of rotatable bonds is 4. The number of carbonyl (C=O) groups excluding carboxylic acids is 1. The molecule has 1 atom stereocenters. The molecule has 7 nitrogen and oxygen atoms in total. The highest BCUT2D eigenvalue weighted by atomic mass is 32.2. The second kappa shape index (κ2) is 7.20. The van der Waals surface area contributed by atoms with Crippen LogP contribution in [0.15, 0.2) is 29.4 Å². The number of hydrogen-bond donors (Lipinski definition) is 0. The Kier molecular flexibility index (Phi) is 4.78. The number of morpholine rings is 1. The molecular weight excluding hydrogens is 350 g/mol. The van der Waals surface area contributed by atoms with E-state index in [0.717, 1.165) is 23.0 Å². The third-order valence-electron chi connectivity index (χ3n) is 4.47. The lowest BCUT2D eigenvalue weighted by molar-refractivity contribution is -0.134. The molecule has 2 aromatic heterocycles. The first-order valence-electron chi connectivity index (χ1n) is 8.82. The number of amides is 1. The van der Waals surface area contributed by atoms with Crippen LogP contribution < -0.4 is 0 Å². The van der Waals surface area contributed by atoms with Gasteiger partial charge in [0.05, 0.1) is 24.0 Å². The minimum atomic E-state index is -0.200. The van der Waals surface area contributed by atoms with Gasteiger partial charge in [0.2, 0.25) is 5.91 Å². The monoisotopic (exact) mass is 371 g/mol. The van der Waals surface area contributed by atoms with Crippen LogP contribution in [0.5, 0.6) is 0 Å². The summed E-state index contributed by atoms with van der Waals surface area (Å²) < 4.78 is 7.12. The van der Waals surface area contributed by atoms with Gasteiger partial charge < -0.3 is 9.64 Å². The lowest BCUT2D eigenvalue weighted by Gasteiger charge is -2.29. The number of aryl methyl sites for hydroxylation is 1. The molecule has 8 heteroatoms. The highest BCUT2D eigenvalue weighted by molar-refractivity contribution is 8.00. The molecule has 0 radical (unpaired) electrons. The number of hydrogen-bond acceptors (Lipinski definition) is 6. The Morgan fingerprint density at radius 2 is 2.04 bits per heavy atom. The number of carbonyl (C=O) groups is 1. The minimum Gasteiger partial charge on any atom is -0.378 e. The van der Waals surface area contributed by atoms with Crippen molar-refractivity contribution >= 4 is 34.2 Å². The number of para-hydroxylation sites is 1. The molecule has 1 aliphatic heterocycles. The Bertz CT molecular complexity index is 951. The van der Waals surface area contributed by atoms with Crippen LogP contribution in [0, 0.1) is 6.92 Å². The van der Waals surface area contributed by atoms with Crippen LogP contribution in [0.4, 0.5) is 0 Å². The third kappa shape index (κ3) is 3.14. The summed E-state index contributed by atoms with van der Waals surface area (Å²) in [6, 6.07) is 7.89. The molecular formula is C18H21N5O2S. The number of fused-ring (bicyclic) bond motifs is 3. The molecule has 3 heterocycles. The summed E-state index contributed by atoms with van der Waals surface area (Å²) in [5.74, 6) is 0.832. The van der Waals surface area contributed by atoms with Gasteiger partial charge in [-0.2, -0.15) is 4.52 Å². The molecule has 26 heavy (non-hydrogen) atoms. The van der Waals surface area contributed by atoms with E-state index < -0.39 is 0 Å². The second-order valence-electron chi connectivity index (χ2n) is 6.26. The Labute approximate surface area is 155 Å². The van der Waals surface area contributed by atoms with Crippen molar-refractivity contribution in [2.75, 3.05) is 26.3 Å². The largest absolute Gasteiger partial charge is 0.378 e. The number of ether oxygens (including phenoxy) is 1. The van der Waals surface area contributed by atoms with E-state index >= 15 is 0 Å². The van der Waals surface area contributed by atoms with Crippen molar-refractivity contribution in [2.24, 2.45) is 0 Å². The van der Waals surface area contributed by atoms with E-state index in [9.17, 15) is 4.79 Å². The van der Waals surface area contributed by atoms with Crippen molar-refractivity contribution in [3.05, 3.63) is 30.1 Å². The summed E-state index contributed by atoms with van der Waals surface area (Å²) in [5, 5.41) is 5.96. The van der Waals surface area contributed by atoms with Crippen LogP contribution in [-0.2, 0) is 9.53 Å². The maximum atomic E-state index is 12.9. The molecule has 1 saturated heterocycles. The van der Waals surface area contributed by atoms with Gasteiger partial charge in [0, 0.05) is 18.5 Å². The molecule has 4 rings (SSSR count). The van der Waals surface area contributed by atoms with E-state index in [1.807, 2.05) is 43.0 Å². The van der Waals surface area contributed by atoms with Crippen LogP contribution in [0.2, 0.25) is 0 Å². The van der Waals surface area contributed by atoms with E-state index in [4.69, 9.17) is 9.72 Å². The zero-order chi connectivity index (χ0) is 18.1. The maximum absolute atomic E-state index is 12.9. The molecule has 1 fully saturated rings. The molecule has 1 amide bonds. The van der Waals surface area contributed by atoms with Crippen molar-refractivity contribution in [3.63, 3.8) is 0 Å². The Morgan fingerprint density at radius 1 is 1.27 bits per heavy atom. The average molecular weight is 371 g/mol. The summed E-state index contributed by atoms with van der Waals surface area (Å²) in [6.45, 7) is 6.41. The summed E-state index contributed by atoms with van der Waals surface area (Å²) in [4.78, 5) is 24.1. The first kappa shape index (κ1) is 17.2. The quantitative estimate of drug-likeness (QED) is 0.518. The molecule has 0 N–H and O–H groups in total. The Hall–Kier alpha value is -2.19. The normalized spacial score (nSPS) is 16.3. The van der Waals surface area contributed by atoms with Gasteiger partial charge in [0.1, 0.15) is 5.82 Å². The van der Waals surface area contributed by atoms with Gasteiger partial charge >= 0.3 is 0 Å². The number of benzene rings is 1. The van der Waals surface area contributed by atoms with Crippen molar-refractivity contribution in [3.8, 4) is 0 Å². The highest BCUT2D eigenvalue weighted by Crippen LogP contribution is 2.29. The maximum Gasteiger partial charge on any atom is 0.236 e. The topological polar surface area (TPSA) is 72.6 Å². The first-order valence-corrected chi connectivity index (χ1v) is 9.70. The molecule has 3 aromatic rings. The Morgan fingerprint density at radius 3 is 2.81 bits per heavy atom. The predicted octanol–water partition coefficient (Wildman–Crippen LogP) is 2.32. The molecule has 0 saturated carbocycles. The van der Waals surface area contributed by atoms with Gasteiger partial charge in [-0.1, -0.05) is 30.8 Å². The van der Waals surface area contributed by atoms with Crippen LogP contribution in [0.25, 0.3) is 16.6 Å². The lowest BCUT2D eigenvalue weighted by atomic mass is 10.2. The van der Waals surface area contributed by atoms with Crippen LogP contribution in [0.1, 0.15) is 19.2 Å². The zero-order valence-corrected chi connectivity index (χ0v) is 15.7. The van der Waals surface area contributed by atoms with Crippen LogP contribution in [0.3, 0.4) is 0 Å². The molecule has 136 valence electrons. The smallest absolute Gasteiger partial charge is 0.236 e. The summed E-state index contributed by atoms with van der Waals surface area (Å²) >= 11 is 1.47. The fourth-order valence-corrected chi connectivity index (χ4v) is 4.18. The van der Waals surface area contributed by atoms with Gasteiger partial charge in [0.15, 0.2) is 10.8 Å². The van der Waals surface area contributed by atoms with Gasteiger partial charge in [-0.05, 0) is 25.5 Å². The van der Waals surface area contributed by atoms with E-state index in [2.05, 4.69) is 10.1 Å². The fraction of sp³-hybridized carbons (Fsp3) is 0.444. The Balaban J connectivity index is 1.71. The average Bonchev–Trinajstić information content (AvgIpc) is 3.08. The van der Waals surface area contributed by atoms with Crippen molar-refractivity contribution < 1.29 is 9.53 Å². The summed E-state index contributed by atoms with van der Waals surface area (Å²) in [5.41, 5.74) is 1.65. The van der Waals surface area contributed by atoms with E-state index in [1.165, 1.54) is 11.8 Å². The SMILES string of the molecule is CCC(Sc1nc2ccccc2c2nc(C)nn12)C(=O)N1CCOCC1. The molecule has 1 aromatic carbocycles. The lowest BCUT2D eigenvalue weighted by Crippen LogP contribution is -2.44.